The lowest BCUT2D eigenvalue weighted by atomic mass is 10.0. The van der Waals surface area contributed by atoms with Gasteiger partial charge < -0.3 is 4.74 Å². The van der Waals surface area contributed by atoms with Crippen molar-refractivity contribution in [3.05, 3.63) is 45.2 Å². The second-order valence-electron chi connectivity index (χ2n) is 4.97. The van der Waals surface area contributed by atoms with E-state index in [0.717, 1.165) is 33.6 Å². The molecule has 21 heavy (non-hydrogen) atoms. The number of rotatable bonds is 5. The summed E-state index contributed by atoms with van der Waals surface area (Å²) in [5.41, 5.74) is 3.55. The van der Waals surface area contributed by atoms with E-state index in [1.54, 1.807) is 17.9 Å². The first kappa shape index (κ1) is 15.8. The molecular weight excluding hydrogens is 332 g/mol. The van der Waals surface area contributed by atoms with Crippen LogP contribution < -0.4 is 4.74 Å². The van der Waals surface area contributed by atoms with Gasteiger partial charge in [-0.1, -0.05) is 19.1 Å². The van der Waals surface area contributed by atoms with Gasteiger partial charge in [0.1, 0.15) is 5.75 Å². The fourth-order valence-corrected chi connectivity index (χ4v) is 3.02. The summed E-state index contributed by atoms with van der Waals surface area (Å²) in [5, 5.41) is 4.42. The molecule has 0 unspecified atom stereocenters. The third-order valence-corrected chi connectivity index (χ3v) is 4.48. The van der Waals surface area contributed by atoms with Crippen LogP contribution in [0.1, 0.15) is 34.2 Å². The number of ether oxygens (including phenoxy) is 1. The van der Waals surface area contributed by atoms with Crippen LogP contribution in [0, 0.1) is 6.92 Å². The lowest BCUT2D eigenvalue weighted by Gasteiger charge is -2.07. The van der Waals surface area contributed by atoms with Crippen LogP contribution in [0.15, 0.2) is 22.7 Å². The second kappa shape index (κ2) is 6.43. The second-order valence-corrected chi connectivity index (χ2v) is 5.76. The molecule has 0 bridgehead atoms. The first-order valence-electron chi connectivity index (χ1n) is 6.86. The van der Waals surface area contributed by atoms with Crippen molar-refractivity contribution in [1.82, 2.24) is 9.78 Å². The molecule has 1 aromatic carbocycles. The molecule has 0 amide bonds. The number of carbonyl (C=O) groups is 1. The molecule has 0 saturated carbocycles. The van der Waals surface area contributed by atoms with Gasteiger partial charge in [0.2, 0.25) is 0 Å². The van der Waals surface area contributed by atoms with E-state index in [4.69, 9.17) is 4.74 Å². The van der Waals surface area contributed by atoms with Gasteiger partial charge in [-0.2, -0.15) is 5.10 Å². The van der Waals surface area contributed by atoms with Gasteiger partial charge in [0.15, 0.2) is 5.78 Å². The maximum absolute atomic E-state index is 12.5. The zero-order chi connectivity index (χ0) is 15.6. The highest BCUT2D eigenvalue weighted by molar-refractivity contribution is 9.10. The van der Waals surface area contributed by atoms with Crippen LogP contribution in [0.25, 0.3) is 0 Å². The maximum Gasteiger partial charge on any atom is 0.168 e. The monoisotopic (exact) mass is 350 g/mol. The van der Waals surface area contributed by atoms with Crippen LogP contribution in [0.5, 0.6) is 5.75 Å². The minimum Gasteiger partial charge on any atom is -0.496 e. The molecule has 0 fully saturated rings. The highest BCUT2D eigenvalue weighted by Crippen LogP contribution is 2.24. The third kappa shape index (κ3) is 3.18. The van der Waals surface area contributed by atoms with Crippen molar-refractivity contribution in [3.63, 3.8) is 0 Å². The number of Topliss-reactive ketones (excluding diaryl/α,β-unsaturated/α-hetero) is 1. The molecule has 0 spiro atoms. The molecule has 0 aliphatic heterocycles. The quantitative estimate of drug-likeness (QED) is 0.775. The Hall–Kier alpha value is -1.62. The zero-order valence-electron chi connectivity index (χ0n) is 12.7. The van der Waals surface area contributed by atoms with Crippen LogP contribution in [0.3, 0.4) is 0 Å². The normalized spacial score (nSPS) is 10.7. The Morgan fingerprint density at radius 1 is 1.43 bits per heavy atom. The Morgan fingerprint density at radius 2 is 2.14 bits per heavy atom. The third-order valence-electron chi connectivity index (χ3n) is 3.56. The standard InChI is InChI=1S/C16H19BrN2O2/c1-5-12-16(17)13(19(3)18-12)9-14(20)11-7-6-10(2)15(8-11)21-4/h6-8H,5,9H2,1-4H3. The summed E-state index contributed by atoms with van der Waals surface area (Å²) in [6.07, 6.45) is 1.15. The maximum atomic E-state index is 12.5. The SMILES string of the molecule is CCc1nn(C)c(CC(=O)c2ccc(C)c(OC)c2)c1Br. The molecule has 0 saturated heterocycles. The van der Waals surface area contributed by atoms with E-state index in [-0.39, 0.29) is 5.78 Å². The van der Waals surface area contributed by atoms with E-state index < -0.39 is 0 Å². The lowest BCUT2D eigenvalue weighted by molar-refractivity contribution is 0.0990. The molecule has 4 nitrogen and oxygen atoms in total. The van der Waals surface area contributed by atoms with E-state index in [1.165, 1.54) is 0 Å². The molecular formula is C16H19BrN2O2. The van der Waals surface area contributed by atoms with Gasteiger partial charge in [-0.25, -0.2) is 0 Å². The fraction of sp³-hybridized carbons (Fsp3) is 0.375. The molecule has 0 atom stereocenters. The lowest BCUT2D eigenvalue weighted by Crippen LogP contribution is -2.08. The van der Waals surface area contributed by atoms with Crippen molar-refractivity contribution in [2.24, 2.45) is 7.05 Å². The van der Waals surface area contributed by atoms with Crippen molar-refractivity contribution in [3.8, 4) is 5.75 Å². The summed E-state index contributed by atoms with van der Waals surface area (Å²) in [4.78, 5) is 12.5. The Kier molecular flexibility index (Phi) is 4.83. The van der Waals surface area contributed by atoms with E-state index in [0.29, 0.717) is 12.0 Å². The number of hydrogen-bond donors (Lipinski definition) is 0. The van der Waals surface area contributed by atoms with Gasteiger partial charge in [-0.3, -0.25) is 9.48 Å². The highest BCUT2D eigenvalue weighted by Gasteiger charge is 2.17. The van der Waals surface area contributed by atoms with Crippen LogP contribution in [-0.2, 0) is 19.9 Å². The number of nitrogens with zero attached hydrogens (tertiary/aromatic N) is 2. The molecule has 0 aliphatic carbocycles. The molecule has 2 rings (SSSR count). The predicted molar refractivity (Wildman–Crippen MR) is 86.1 cm³/mol. The number of benzene rings is 1. The summed E-state index contributed by atoms with van der Waals surface area (Å²) in [5.74, 6) is 0.791. The molecule has 1 aromatic heterocycles. The Labute approximate surface area is 133 Å². The molecule has 112 valence electrons. The number of hydrogen-bond acceptors (Lipinski definition) is 3. The van der Waals surface area contributed by atoms with Gasteiger partial charge in [0, 0.05) is 12.6 Å². The minimum absolute atomic E-state index is 0.0552. The molecule has 2 aromatic rings. The van der Waals surface area contributed by atoms with Crippen LogP contribution >= 0.6 is 15.9 Å². The fourth-order valence-electron chi connectivity index (χ4n) is 2.26. The van der Waals surface area contributed by atoms with E-state index in [9.17, 15) is 4.79 Å². The Balaban J connectivity index is 2.28. The largest absolute Gasteiger partial charge is 0.496 e. The smallest absolute Gasteiger partial charge is 0.168 e. The van der Waals surface area contributed by atoms with Gasteiger partial charge in [-0.15, -0.1) is 0 Å². The summed E-state index contributed by atoms with van der Waals surface area (Å²) in [7, 11) is 3.48. The molecule has 0 N–H and O–H groups in total. The van der Waals surface area contributed by atoms with E-state index in [1.807, 2.05) is 33.0 Å². The number of halogens is 1. The van der Waals surface area contributed by atoms with Crippen LogP contribution in [-0.4, -0.2) is 22.7 Å². The van der Waals surface area contributed by atoms with Crippen molar-refractivity contribution in [2.75, 3.05) is 7.11 Å². The summed E-state index contributed by atoms with van der Waals surface area (Å²) in [6.45, 7) is 4.00. The minimum atomic E-state index is 0.0552. The number of aryl methyl sites for hydroxylation is 3. The summed E-state index contributed by atoms with van der Waals surface area (Å²) >= 11 is 3.54. The van der Waals surface area contributed by atoms with Crippen LogP contribution in [0.4, 0.5) is 0 Å². The number of ketones is 1. The van der Waals surface area contributed by atoms with E-state index >= 15 is 0 Å². The number of methoxy groups -OCH3 is 1. The summed E-state index contributed by atoms with van der Waals surface area (Å²) < 4.78 is 7.98. The van der Waals surface area contributed by atoms with Crippen molar-refractivity contribution in [1.29, 1.82) is 0 Å². The Bertz CT molecular complexity index is 677. The van der Waals surface area contributed by atoms with Crippen molar-refractivity contribution < 1.29 is 9.53 Å². The zero-order valence-corrected chi connectivity index (χ0v) is 14.3. The topological polar surface area (TPSA) is 44.1 Å². The van der Waals surface area contributed by atoms with Gasteiger partial charge in [0.05, 0.1) is 29.4 Å². The summed E-state index contributed by atoms with van der Waals surface area (Å²) in [6, 6.07) is 5.54. The van der Waals surface area contributed by atoms with Gasteiger partial charge in [0.25, 0.3) is 0 Å². The van der Waals surface area contributed by atoms with Gasteiger partial charge >= 0.3 is 0 Å². The first-order chi connectivity index (χ1) is 9.97. The molecule has 1 heterocycles. The van der Waals surface area contributed by atoms with Crippen molar-refractivity contribution >= 4 is 21.7 Å². The van der Waals surface area contributed by atoms with Crippen LogP contribution in [0.2, 0.25) is 0 Å². The number of carbonyl (C=O) groups excluding carboxylic acids is 1. The highest BCUT2D eigenvalue weighted by atomic mass is 79.9. The molecule has 0 aliphatic rings. The molecule has 0 radical (unpaired) electrons. The Morgan fingerprint density at radius 3 is 2.71 bits per heavy atom. The first-order valence-corrected chi connectivity index (χ1v) is 7.65. The average Bonchev–Trinajstić information content (AvgIpc) is 2.75. The van der Waals surface area contributed by atoms with Crippen molar-refractivity contribution in [2.45, 2.75) is 26.7 Å². The average molecular weight is 351 g/mol. The molecule has 5 heteroatoms. The number of aromatic nitrogens is 2. The van der Waals surface area contributed by atoms with E-state index in [2.05, 4.69) is 21.0 Å². The predicted octanol–water partition coefficient (Wildman–Crippen LogP) is 3.49. The van der Waals surface area contributed by atoms with Gasteiger partial charge in [-0.05, 0) is 40.9 Å².